The van der Waals surface area contributed by atoms with Crippen molar-refractivity contribution in [2.45, 2.75) is 32.1 Å². The first kappa shape index (κ1) is 15.8. The van der Waals surface area contributed by atoms with Gasteiger partial charge in [0.1, 0.15) is 0 Å². The third kappa shape index (κ3) is 4.74. The first-order valence-electron chi connectivity index (χ1n) is 7.35. The zero-order valence-electron chi connectivity index (χ0n) is 12.1. The minimum Gasteiger partial charge on any atom is -0.370 e. The molecule has 0 atom stereocenters. The molecule has 1 aliphatic heterocycles. The number of benzene rings is 1. The lowest BCUT2D eigenvalue weighted by atomic mass is 9.93. The number of likely N-dealkylation sites (tertiary alicyclic amines) is 1. The zero-order valence-corrected chi connectivity index (χ0v) is 12.8. The van der Waals surface area contributed by atoms with Crippen molar-refractivity contribution in [2.24, 2.45) is 11.7 Å². The second-order valence-electron chi connectivity index (χ2n) is 5.59. The van der Waals surface area contributed by atoms with Crippen LogP contribution in [0.5, 0.6) is 0 Å². The fourth-order valence-electron chi connectivity index (χ4n) is 2.77. The van der Waals surface area contributed by atoms with Gasteiger partial charge in [-0.25, -0.2) is 0 Å². The van der Waals surface area contributed by atoms with Crippen molar-refractivity contribution in [3.8, 4) is 0 Å². The van der Waals surface area contributed by atoms with Gasteiger partial charge in [0, 0.05) is 31.0 Å². The van der Waals surface area contributed by atoms with E-state index in [0.29, 0.717) is 30.2 Å². The van der Waals surface area contributed by atoms with Crippen LogP contribution in [0.25, 0.3) is 0 Å². The highest BCUT2D eigenvalue weighted by Crippen LogP contribution is 2.22. The van der Waals surface area contributed by atoms with E-state index in [1.54, 1.807) is 0 Å². The Morgan fingerprint density at radius 1 is 1.24 bits per heavy atom. The topological polar surface area (TPSA) is 63.4 Å². The normalized spacial score (nSPS) is 16.0. The Kier molecular flexibility index (Phi) is 5.62. The number of nitrogens with two attached hydrogens (primary N) is 1. The van der Waals surface area contributed by atoms with Gasteiger partial charge in [-0.2, -0.15) is 0 Å². The maximum atomic E-state index is 12.2. The predicted molar refractivity (Wildman–Crippen MR) is 82.9 cm³/mol. The van der Waals surface area contributed by atoms with Gasteiger partial charge in [-0.05, 0) is 36.8 Å². The Morgan fingerprint density at radius 2 is 1.90 bits per heavy atom. The van der Waals surface area contributed by atoms with Crippen LogP contribution in [0.4, 0.5) is 0 Å². The minimum atomic E-state index is -0.251. The van der Waals surface area contributed by atoms with Gasteiger partial charge in [0.15, 0.2) is 0 Å². The van der Waals surface area contributed by atoms with Gasteiger partial charge in [-0.3, -0.25) is 9.59 Å². The van der Waals surface area contributed by atoms with Crippen molar-refractivity contribution >= 4 is 23.4 Å². The molecule has 0 saturated carbocycles. The van der Waals surface area contributed by atoms with Crippen LogP contribution in [0, 0.1) is 5.92 Å². The number of piperidine rings is 1. The standard InChI is InChI=1S/C16H21ClN2O2/c17-14-4-2-1-3-13(14)5-6-16(21)19-9-7-12(8-10-19)11-15(18)20/h1-4,12H,5-11H2,(H2,18,20). The van der Waals surface area contributed by atoms with Gasteiger partial charge in [-0.15, -0.1) is 0 Å². The summed E-state index contributed by atoms with van der Waals surface area (Å²) in [5.74, 6) is 0.237. The molecule has 1 fully saturated rings. The second kappa shape index (κ2) is 7.46. The molecule has 0 spiro atoms. The lowest BCUT2D eigenvalue weighted by molar-refractivity contribution is -0.132. The molecule has 114 valence electrons. The van der Waals surface area contributed by atoms with E-state index in [-0.39, 0.29) is 11.8 Å². The highest BCUT2D eigenvalue weighted by molar-refractivity contribution is 6.31. The number of rotatable bonds is 5. The first-order valence-corrected chi connectivity index (χ1v) is 7.73. The van der Waals surface area contributed by atoms with Gasteiger partial charge in [0.25, 0.3) is 0 Å². The van der Waals surface area contributed by atoms with Gasteiger partial charge in [0.05, 0.1) is 0 Å². The number of hydrogen-bond donors (Lipinski definition) is 1. The molecule has 21 heavy (non-hydrogen) atoms. The van der Waals surface area contributed by atoms with Crippen LogP contribution in [0.3, 0.4) is 0 Å². The van der Waals surface area contributed by atoms with Crippen LogP contribution in [0.15, 0.2) is 24.3 Å². The quantitative estimate of drug-likeness (QED) is 0.907. The molecule has 1 saturated heterocycles. The monoisotopic (exact) mass is 308 g/mol. The van der Waals surface area contributed by atoms with Crippen LogP contribution in [0.1, 0.15) is 31.2 Å². The molecule has 1 aromatic rings. The highest BCUT2D eigenvalue weighted by Gasteiger charge is 2.23. The van der Waals surface area contributed by atoms with Crippen molar-refractivity contribution in [3.63, 3.8) is 0 Å². The van der Waals surface area contributed by atoms with E-state index in [2.05, 4.69) is 0 Å². The summed E-state index contributed by atoms with van der Waals surface area (Å²) in [5, 5.41) is 0.713. The third-order valence-electron chi connectivity index (χ3n) is 4.02. The summed E-state index contributed by atoms with van der Waals surface area (Å²) in [7, 11) is 0. The Morgan fingerprint density at radius 3 is 2.52 bits per heavy atom. The maximum absolute atomic E-state index is 12.2. The van der Waals surface area contributed by atoms with Gasteiger partial charge < -0.3 is 10.6 Å². The molecule has 1 aromatic carbocycles. The molecule has 5 heteroatoms. The average molecular weight is 309 g/mol. The van der Waals surface area contributed by atoms with Crippen molar-refractivity contribution in [2.75, 3.05) is 13.1 Å². The Balaban J connectivity index is 1.77. The number of carbonyl (C=O) groups is 2. The van der Waals surface area contributed by atoms with E-state index in [9.17, 15) is 9.59 Å². The summed E-state index contributed by atoms with van der Waals surface area (Å²) >= 11 is 6.09. The third-order valence-corrected chi connectivity index (χ3v) is 4.39. The molecule has 0 aliphatic carbocycles. The second-order valence-corrected chi connectivity index (χ2v) is 5.99. The number of hydrogen-bond acceptors (Lipinski definition) is 2. The van der Waals surface area contributed by atoms with Crippen LogP contribution in [0.2, 0.25) is 5.02 Å². The van der Waals surface area contributed by atoms with E-state index in [4.69, 9.17) is 17.3 Å². The molecule has 2 N–H and O–H groups in total. The largest absolute Gasteiger partial charge is 0.370 e. The summed E-state index contributed by atoms with van der Waals surface area (Å²) in [5.41, 5.74) is 6.22. The molecular formula is C16H21ClN2O2. The zero-order chi connectivity index (χ0) is 15.2. The van der Waals surface area contributed by atoms with Crippen LogP contribution in [-0.2, 0) is 16.0 Å². The molecule has 1 aliphatic rings. The SMILES string of the molecule is NC(=O)CC1CCN(C(=O)CCc2ccccc2Cl)CC1. The smallest absolute Gasteiger partial charge is 0.222 e. The summed E-state index contributed by atoms with van der Waals surface area (Å²) in [6, 6.07) is 7.61. The first-order chi connectivity index (χ1) is 10.1. The maximum Gasteiger partial charge on any atom is 0.222 e. The number of amides is 2. The van der Waals surface area contributed by atoms with E-state index >= 15 is 0 Å². The van der Waals surface area contributed by atoms with Gasteiger partial charge in [-0.1, -0.05) is 29.8 Å². The summed E-state index contributed by atoms with van der Waals surface area (Å²) in [6.07, 6.45) is 3.30. The molecular weight excluding hydrogens is 288 g/mol. The van der Waals surface area contributed by atoms with Crippen molar-refractivity contribution < 1.29 is 9.59 Å². The van der Waals surface area contributed by atoms with Gasteiger partial charge >= 0.3 is 0 Å². The molecule has 2 amide bonds. The molecule has 0 unspecified atom stereocenters. The van der Waals surface area contributed by atoms with Gasteiger partial charge in [0.2, 0.25) is 11.8 Å². The fourth-order valence-corrected chi connectivity index (χ4v) is 3.00. The molecule has 0 aromatic heterocycles. The lowest BCUT2D eigenvalue weighted by Crippen LogP contribution is -2.39. The Bertz CT molecular complexity index is 511. The number of primary amides is 1. The molecule has 1 heterocycles. The van der Waals surface area contributed by atoms with E-state index in [1.807, 2.05) is 29.2 Å². The average Bonchev–Trinajstić information content (AvgIpc) is 2.46. The minimum absolute atomic E-state index is 0.160. The fraction of sp³-hybridized carbons (Fsp3) is 0.500. The Hall–Kier alpha value is -1.55. The number of aryl methyl sites for hydroxylation is 1. The summed E-state index contributed by atoms with van der Waals surface area (Å²) in [6.45, 7) is 1.44. The highest BCUT2D eigenvalue weighted by atomic mass is 35.5. The van der Waals surface area contributed by atoms with Crippen LogP contribution >= 0.6 is 11.6 Å². The van der Waals surface area contributed by atoms with E-state index in [0.717, 1.165) is 31.5 Å². The van der Waals surface area contributed by atoms with Crippen molar-refractivity contribution in [1.82, 2.24) is 4.90 Å². The molecule has 0 bridgehead atoms. The molecule has 0 radical (unpaired) electrons. The number of halogens is 1. The van der Waals surface area contributed by atoms with Crippen LogP contribution in [-0.4, -0.2) is 29.8 Å². The lowest BCUT2D eigenvalue weighted by Gasteiger charge is -2.31. The van der Waals surface area contributed by atoms with E-state index in [1.165, 1.54) is 0 Å². The molecule has 2 rings (SSSR count). The van der Waals surface area contributed by atoms with Crippen molar-refractivity contribution in [3.05, 3.63) is 34.9 Å². The predicted octanol–water partition coefficient (Wildman–Crippen LogP) is 2.39. The number of nitrogens with zero attached hydrogens (tertiary/aromatic N) is 1. The van der Waals surface area contributed by atoms with Crippen molar-refractivity contribution in [1.29, 1.82) is 0 Å². The molecule has 4 nitrogen and oxygen atoms in total. The summed E-state index contributed by atoms with van der Waals surface area (Å²) < 4.78 is 0. The number of carbonyl (C=O) groups excluding carboxylic acids is 2. The van der Waals surface area contributed by atoms with E-state index < -0.39 is 0 Å². The Labute approximate surface area is 130 Å². The van der Waals surface area contributed by atoms with Crippen LogP contribution < -0.4 is 5.73 Å². The summed E-state index contributed by atoms with van der Waals surface area (Å²) in [4.78, 5) is 25.0.